The fourth-order valence-electron chi connectivity index (χ4n) is 1.46. The molecular weight excluding hydrogens is 219 g/mol. The largest absolute Gasteiger partial charge is 0.437 e. The molecule has 0 unspecified atom stereocenters. The first-order valence-electron chi connectivity index (χ1n) is 5.23. The molecule has 0 bridgehead atoms. The van der Waals surface area contributed by atoms with Gasteiger partial charge < -0.3 is 10.5 Å². The number of rotatable bonds is 2. The van der Waals surface area contributed by atoms with Gasteiger partial charge in [-0.3, -0.25) is 0 Å². The van der Waals surface area contributed by atoms with Gasteiger partial charge in [-0.25, -0.2) is 9.37 Å². The van der Waals surface area contributed by atoms with Crippen molar-refractivity contribution in [1.29, 1.82) is 0 Å². The summed E-state index contributed by atoms with van der Waals surface area (Å²) < 4.78 is 18.5. The first-order valence-corrected chi connectivity index (χ1v) is 5.23. The van der Waals surface area contributed by atoms with Gasteiger partial charge in [0.25, 0.3) is 0 Å². The highest BCUT2D eigenvalue weighted by atomic mass is 19.1. The fourth-order valence-corrected chi connectivity index (χ4v) is 1.46. The molecule has 2 N–H and O–H groups in total. The Labute approximate surface area is 99.1 Å². The predicted molar refractivity (Wildman–Crippen MR) is 64.6 cm³/mol. The molecule has 2 aromatic rings. The van der Waals surface area contributed by atoms with E-state index in [1.54, 1.807) is 25.1 Å². The number of aryl methyl sites for hydroxylation is 2. The van der Waals surface area contributed by atoms with Crippen molar-refractivity contribution >= 4 is 5.69 Å². The molecule has 0 aliphatic carbocycles. The molecule has 0 fully saturated rings. The summed E-state index contributed by atoms with van der Waals surface area (Å²) >= 11 is 0. The van der Waals surface area contributed by atoms with E-state index in [4.69, 9.17) is 10.5 Å². The summed E-state index contributed by atoms with van der Waals surface area (Å²) in [4.78, 5) is 4.19. The first-order chi connectivity index (χ1) is 8.06. The second-order valence-electron chi connectivity index (χ2n) is 3.86. The quantitative estimate of drug-likeness (QED) is 0.864. The van der Waals surface area contributed by atoms with Gasteiger partial charge in [0, 0.05) is 5.69 Å². The first kappa shape index (κ1) is 11.4. The smallest absolute Gasteiger partial charge is 0.242 e. The molecule has 2 rings (SSSR count). The maximum Gasteiger partial charge on any atom is 0.242 e. The Morgan fingerprint density at radius 3 is 2.65 bits per heavy atom. The number of nitrogens with zero attached hydrogens (tertiary/aromatic N) is 1. The lowest BCUT2D eigenvalue weighted by Gasteiger charge is -2.10. The Bertz CT molecular complexity index is 555. The van der Waals surface area contributed by atoms with Crippen molar-refractivity contribution in [3.8, 4) is 11.6 Å². The van der Waals surface area contributed by atoms with Crippen molar-refractivity contribution < 1.29 is 9.13 Å². The standard InChI is InChI=1S/C13H13FN2O/c1-8-7-10(14)4-6-12(8)17-13-11(15)5-3-9(2)16-13/h3-7H,15H2,1-2H3. The number of ether oxygens (including phenoxy) is 1. The van der Waals surface area contributed by atoms with Gasteiger partial charge in [-0.1, -0.05) is 0 Å². The molecule has 17 heavy (non-hydrogen) atoms. The summed E-state index contributed by atoms with van der Waals surface area (Å²) in [6, 6.07) is 7.85. The maximum atomic E-state index is 12.9. The molecular formula is C13H13FN2O. The summed E-state index contributed by atoms with van der Waals surface area (Å²) in [5, 5.41) is 0. The molecule has 0 atom stereocenters. The van der Waals surface area contributed by atoms with Crippen molar-refractivity contribution in [3.05, 3.63) is 47.4 Å². The normalized spacial score (nSPS) is 10.3. The molecule has 0 aliphatic rings. The Morgan fingerprint density at radius 2 is 1.94 bits per heavy atom. The summed E-state index contributed by atoms with van der Waals surface area (Å²) in [6.45, 7) is 3.62. The van der Waals surface area contributed by atoms with Crippen molar-refractivity contribution in [2.45, 2.75) is 13.8 Å². The van der Waals surface area contributed by atoms with E-state index in [0.717, 1.165) is 5.69 Å². The molecule has 1 heterocycles. The number of anilines is 1. The minimum atomic E-state index is -0.292. The predicted octanol–water partition coefficient (Wildman–Crippen LogP) is 3.21. The highest BCUT2D eigenvalue weighted by Gasteiger charge is 2.07. The second-order valence-corrected chi connectivity index (χ2v) is 3.86. The lowest BCUT2D eigenvalue weighted by atomic mass is 10.2. The van der Waals surface area contributed by atoms with Crippen LogP contribution in [0.4, 0.5) is 10.1 Å². The van der Waals surface area contributed by atoms with E-state index in [9.17, 15) is 4.39 Å². The zero-order chi connectivity index (χ0) is 12.4. The summed E-state index contributed by atoms with van der Waals surface area (Å²) in [5.41, 5.74) is 7.73. The monoisotopic (exact) mass is 232 g/mol. The number of benzene rings is 1. The van der Waals surface area contributed by atoms with Crippen LogP contribution in [0.15, 0.2) is 30.3 Å². The second kappa shape index (κ2) is 4.41. The Hall–Kier alpha value is -2.10. The van der Waals surface area contributed by atoms with Crippen LogP contribution in [0.25, 0.3) is 0 Å². The molecule has 0 spiro atoms. The molecule has 0 saturated heterocycles. The van der Waals surface area contributed by atoms with E-state index >= 15 is 0 Å². The summed E-state index contributed by atoms with van der Waals surface area (Å²) in [7, 11) is 0. The van der Waals surface area contributed by atoms with Crippen LogP contribution >= 0.6 is 0 Å². The minimum Gasteiger partial charge on any atom is -0.437 e. The molecule has 0 amide bonds. The third-order valence-electron chi connectivity index (χ3n) is 2.37. The highest BCUT2D eigenvalue weighted by Crippen LogP contribution is 2.28. The topological polar surface area (TPSA) is 48.1 Å². The van der Waals surface area contributed by atoms with Gasteiger partial charge in [-0.2, -0.15) is 0 Å². The lowest BCUT2D eigenvalue weighted by Crippen LogP contribution is -1.97. The summed E-state index contributed by atoms with van der Waals surface area (Å²) in [6.07, 6.45) is 0. The van der Waals surface area contributed by atoms with Gasteiger partial charge in [-0.05, 0) is 49.7 Å². The Balaban J connectivity index is 2.34. The average Bonchev–Trinajstić information content (AvgIpc) is 2.27. The van der Waals surface area contributed by atoms with Crippen LogP contribution in [0.1, 0.15) is 11.3 Å². The molecule has 1 aromatic heterocycles. The Kier molecular flexibility index (Phi) is 2.95. The van der Waals surface area contributed by atoms with Crippen LogP contribution in [0.3, 0.4) is 0 Å². The van der Waals surface area contributed by atoms with E-state index in [2.05, 4.69) is 4.98 Å². The van der Waals surface area contributed by atoms with E-state index in [-0.39, 0.29) is 5.82 Å². The van der Waals surface area contributed by atoms with Gasteiger partial charge in [0.1, 0.15) is 11.6 Å². The van der Waals surface area contributed by atoms with E-state index in [0.29, 0.717) is 22.9 Å². The minimum absolute atomic E-state index is 0.292. The van der Waals surface area contributed by atoms with Gasteiger partial charge in [0.2, 0.25) is 5.88 Å². The number of pyridine rings is 1. The van der Waals surface area contributed by atoms with E-state index in [1.165, 1.54) is 12.1 Å². The third-order valence-corrected chi connectivity index (χ3v) is 2.37. The van der Waals surface area contributed by atoms with Crippen LogP contribution in [-0.2, 0) is 0 Å². The molecule has 0 saturated carbocycles. The maximum absolute atomic E-state index is 12.9. The molecule has 0 radical (unpaired) electrons. The van der Waals surface area contributed by atoms with Crippen molar-refractivity contribution in [2.24, 2.45) is 0 Å². The molecule has 4 heteroatoms. The van der Waals surface area contributed by atoms with Crippen LogP contribution in [-0.4, -0.2) is 4.98 Å². The van der Waals surface area contributed by atoms with Gasteiger partial charge in [0.05, 0.1) is 5.69 Å². The molecule has 0 aliphatic heterocycles. The third kappa shape index (κ3) is 2.53. The number of halogens is 1. The number of nitrogen functional groups attached to an aromatic ring is 1. The fraction of sp³-hybridized carbons (Fsp3) is 0.154. The SMILES string of the molecule is Cc1ccc(N)c(Oc2ccc(F)cc2C)n1. The molecule has 1 aromatic carbocycles. The highest BCUT2D eigenvalue weighted by molar-refractivity contribution is 5.50. The number of hydrogen-bond acceptors (Lipinski definition) is 3. The van der Waals surface area contributed by atoms with E-state index < -0.39 is 0 Å². The van der Waals surface area contributed by atoms with Crippen molar-refractivity contribution in [1.82, 2.24) is 4.98 Å². The molecule has 88 valence electrons. The zero-order valence-corrected chi connectivity index (χ0v) is 9.70. The molecule has 3 nitrogen and oxygen atoms in total. The van der Waals surface area contributed by atoms with Crippen LogP contribution in [0.2, 0.25) is 0 Å². The summed E-state index contributed by atoms with van der Waals surface area (Å²) in [5.74, 6) is 0.607. The van der Waals surface area contributed by atoms with Gasteiger partial charge in [-0.15, -0.1) is 0 Å². The van der Waals surface area contributed by atoms with Crippen molar-refractivity contribution in [2.75, 3.05) is 5.73 Å². The average molecular weight is 232 g/mol. The Morgan fingerprint density at radius 1 is 1.18 bits per heavy atom. The zero-order valence-electron chi connectivity index (χ0n) is 9.70. The number of hydrogen-bond donors (Lipinski definition) is 1. The number of aromatic nitrogens is 1. The van der Waals surface area contributed by atoms with E-state index in [1.807, 2.05) is 6.92 Å². The van der Waals surface area contributed by atoms with Crippen LogP contribution < -0.4 is 10.5 Å². The van der Waals surface area contributed by atoms with Crippen LogP contribution in [0, 0.1) is 19.7 Å². The van der Waals surface area contributed by atoms with Crippen molar-refractivity contribution in [3.63, 3.8) is 0 Å². The lowest BCUT2D eigenvalue weighted by molar-refractivity contribution is 0.459. The number of nitrogens with two attached hydrogens (primary N) is 1. The van der Waals surface area contributed by atoms with Gasteiger partial charge >= 0.3 is 0 Å². The van der Waals surface area contributed by atoms with Gasteiger partial charge in [0.15, 0.2) is 0 Å². The van der Waals surface area contributed by atoms with Crippen LogP contribution in [0.5, 0.6) is 11.6 Å².